The summed E-state index contributed by atoms with van der Waals surface area (Å²) in [5.41, 5.74) is -3.34. The van der Waals surface area contributed by atoms with Crippen LogP contribution in [0.1, 0.15) is 106 Å². The molecule has 29 unspecified atom stereocenters. The van der Waals surface area contributed by atoms with Crippen molar-refractivity contribution in [1.82, 2.24) is 0 Å². The molecule has 8 fully saturated rings. The van der Waals surface area contributed by atoms with Crippen molar-refractivity contribution in [3.8, 4) is 0 Å². The van der Waals surface area contributed by atoms with Gasteiger partial charge in [0.05, 0.1) is 43.4 Å². The van der Waals surface area contributed by atoms with Gasteiger partial charge in [-0.1, -0.05) is 46.3 Å². The van der Waals surface area contributed by atoms with Gasteiger partial charge in [0.1, 0.15) is 97.7 Å². The summed E-state index contributed by atoms with van der Waals surface area (Å²) in [6.45, 7) is 9.58. The minimum atomic E-state index is -2.03. The lowest BCUT2D eigenvalue weighted by Crippen LogP contribution is -2.67. The van der Waals surface area contributed by atoms with Crippen LogP contribution in [-0.2, 0) is 47.5 Å². The van der Waals surface area contributed by atoms with Gasteiger partial charge >= 0.3 is 11.9 Å². The molecular formula is C54H86O25. The summed E-state index contributed by atoms with van der Waals surface area (Å²) in [5.74, 6) is -2.42. The van der Waals surface area contributed by atoms with Gasteiger partial charge in [-0.05, 0) is 111 Å². The summed E-state index contributed by atoms with van der Waals surface area (Å²) in [4.78, 5) is 30.0. The number of ether oxygens (including phenoxy) is 8. The molecule has 4 saturated carbocycles. The van der Waals surface area contributed by atoms with E-state index in [0.29, 0.717) is 57.8 Å². The Labute approximate surface area is 457 Å². The molecule has 9 rings (SSSR count). The third kappa shape index (κ3) is 9.95. The number of rotatable bonds is 12. The van der Waals surface area contributed by atoms with Crippen molar-refractivity contribution in [3.05, 3.63) is 11.6 Å². The Balaban J connectivity index is 0.991. The van der Waals surface area contributed by atoms with Crippen LogP contribution >= 0.6 is 0 Å². The highest BCUT2D eigenvalue weighted by atomic mass is 16.8. The van der Waals surface area contributed by atoms with E-state index in [-0.39, 0.29) is 17.8 Å². The van der Waals surface area contributed by atoms with E-state index >= 15 is 4.79 Å². The van der Waals surface area contributed by atoms with Crippen molar-refractivity contribution in [2.45, 2.75) is 235 Å². The summed E-state index contributed by atoms with van der Waals surface area (Å²) in [6.07, 6.45) is -29.1. The second-order valence-corrected chi connectivity index (χ2v) is 26.1. The molecule has 0 aromatic rings. The molecule has 25 nitrogen and oxygen atoms in total. The number of fused-ring (bicyclic) bond motifs is 7. The Morgan fingerprint density at radius 1 is 0.532 bits per heavy atom. The number of carbonyl (C=O) groups is 2. The highest BCUT2D eigenvalue weighted by Crippen LogP contribution is 2.76. The first-order valence-electron chi connectivity index (χ1n) is 28.0. The van der Waals surface area contributed by atoms with Gasteiger partial charge in [-0.25, -0.2) is 0 Å². The van der Waals surface area contributed by atoms with Crippen molar-refractivity contribution in [3.63, 3.8) is 0 Å². The second-order valence-electron chi connectivity index (χ2n) is 26.1. The topological polar surface area (TPSA) is 411 Å². The number of hydrogen-bond donors (Lipinski definition) is 15. The van der Waals surface area contributed by atoms with Gasteiger partial charge in [0.25, 0.3) is 0 Å². The summed E-state index contributed by atoms with van der Waals surface area (Å²) in [6, 6.07) is 0. The monoisotopic (exact) mass is 1130 g/mol. The molecule has 4 saturated heterocycles. The molecule has 452 valence electrons. The zero-order chi connectivity index (χ0) is 57.9. The Kier molecular flexibility index (Phi) is 17.4. The van der Waals surface area contributed by atoms with Crippen LogP contribution in [0.15, 0.2) is 11.6 Å². The molecule has 79 heavy (non-hydrogen) atoms. The van der Waals surface area contributed by atoms with Crippen LogP contribution in [0.5, 0.6) is 0 Å². The predicted molar refractivity (Wildman–Crippen MR) is 264 cm³/mol. The minimum Gasteiger partial charge on any atom is -0.432 e. The zero-order valence-corrected chi connectivity index (χ0v) is 45.6. The molecule has 0 aromatic heterocycles. The number of carbonyl (C=O) groups excluding carboxylic acids is 2. The fraction of sp³-hybridized carbons (Fsp3) is 0.926. The largest absolute Gasteiger partial charge is 0.432 e. The van der Waals surface area contributed by atoms with Gasteiger partial charge in [-0.15, -0.1) is 0 Å². The summed E-state index contributed by atoms with van der Waals surface area (Å²) < 4.78 is 46.5. The van der Waals surface area contributed by atoms with E-state index in [9.17, 15) is 81.4 Å². The fourth-order valence-electron chi connectivity index (χ4n) is 16.2. The third-order valence-corrected chi connectivity index (χ3v) is 21.5. The summed E-state index contributed by atoms with van der Waals surface area (Å²) >= 11 is 0. The first kappa shape index (κ1) is 61.4. The number of aliphatic hydroxyl groups excluding tert-OH is 15. The average molecular weight is 1140 g/mol. The first-order valence-corrected chi connectivity index (χ1v) is 28.0. The van der Waals surface area contributed by atoms with Crippen LogP contribution in [-0.4, -0.2) is 244 Å². The van der Waals surface area contributed by atoms with Gasteiger partial charge in [-0.3, -0.25) is 9.59 Å². The van der Waals surface area contributed by atoms with E-state index in [1.807, 2.05) is 0 Å². The Morgan fingerprint density at radius 3 is 1.63 bits per heavy atom. The number of hydrogen-bond acceptors (Lipinski definition) is 25. The number of allylic oxidation sites excluding steroid dienone is 2. The molecule has 0 aromatic carbocycles. The smallest absolute Gasteiger partial charge is 0.317 e. The van der Waals surface area contributed by atoms with Crippen molar-refractivity contribution < 1.29 is 124 Å². The molecular weight excluding hydrogens is 1050 g/mol. The summed E-state index contributed by atoms with van der Waals surface area (Å²) in [5, 5.41) is 160. The summed E-state index contributed by atoms with van der Waals surface area (Å²) in [7, 11) is 0. The van der Waals surface area contributed by atoms with Gasteiger partial charge in [0, 0.05) is 0 Å². The average Bonchev–Trinajstić information content (AvgIpc) is 3.58. The second kappa shape index (κ2) is 22.4. The molecule has 4 heterocycles. The Hall–Kier alpha value is -2.16. The van der Waals surface area contributed by atoms with Crippen LogP contribution in [0.25, 0.3) is 0 Å². The van der Waals surface area contributed by atoms with E-state index in [0.717, 1.165) is 5.57 Å². The molecule has 0 bridgehead atoms. The van der Waals surface area contributed by atoms with Crippen molar-refractivity contribution in [1.29, 1.82) is 0 Å². The first-order chi connectivity index (χ1) is 37.0. The molecule has 0 radical (unpaired) electrons. The van der Waals surface area contributed by atoms with E-state index in [1.165, 1.54) is 0 Å². The minimum absolute atomic E-state index is 0.0459. The molecule has 25 heteroatoms. The van der Waals surface area contributed by atoms with Gasteiger partial charge in [0.2, 0.25) is 12.6 Å². The van der Waals surface area contributed by atoms with Crippen LogP contribution in [0, 0.1) is 50.2 Å². The van der Waals surface area contributed by atoms with Crippen LogP contribution in [0.2, 0.25) is 0 Å². The highest BCUT2D eigenvalue weighted by molar-refractivity contribution is 5.79. The molecule has 0 spiro atoms. The standard InChI is InChI=1S/C54H86O25/c1-49(2)13-15-54(48(71)79-46-41(69)42(77-44-39(67)36(64)32(60)25(19-56)74-44)34(62)27(76-46)21-72-43-38(66)35(63)31(59)24(18-55)73-43)16-14-51(4)22(23(54)17-49)7-8-28-50(3)11-10-30(58)53(6,29(50)9-12-52(28,51)5)47(70)78-45-40(68)37(65)33(61)26(20-57)75-45/h7,23-46,55-69H,8-21H2,1-6H3. The van der Waals surface area contributed by atoms with Crippen LogP contribution in [0.3, 0.4) is 0 Å². The molecule has 5 aliphatic carbocycles. The molecule has 29 atom stereocenters. The Bertz CT molecular complexity index is 2220. The lowest BCUT2D eigenvalue weighted by Gasteiger charge is -2.71. The SMILES string of the molecule is CC1(C)CCC2(C(=O)OC3OC(COC4OC(CO)C(O)C(O)C4O)C(O)C(OC4OC(CO)C(O)C(O)C4O)C3O)CCC3(C)C(=CCC4C5(C)CCC(O)C(C)(C(=O)OC6OC(CO)C(O)C(O)C6O)C5CCC43C)C2C1. The van der Waals surface area contributed by atoms with Crippen molar-refractivity contribution >= 4 is 11.9 Å². The maximum Gasteiger partial charge on any atom is 0.317 e. The van der Waals surface area contributed by atoms with E-state index in [2.05, 4.69) is 40.7 Å². The lowest BCUT2D eigenvalue weighted by molar-refractivity contribution is -0.363. The van der Waals surface area contributed by atoms with Gasteiger partial charge in [0.15, 0.2) is 12.6 Å². The molecule has 0 amide bonds. The molecule has 15 N–H and O–H groups in total. The zero-order valence-electron chi connectivity index (χ0n) is 45.6. The number of esters is 2. The van der Waals surface area contributed by atoms with Gasteiger partial charge in [-0.2, -0.15) is 0 Å². The maximum absolute atomic E-state index is 15.5. The molecule has 4 aliphatic heterocycles. The highest BCUT2D eigenvalue weighted by Gasteiger charge is 2.72. The molecule has 9 aliphatic rings. The quantitative estimate of drug-likeness (QED) is 0.0665. The van der Waals surface area contributed by atoms with Gasteiger partial charge < -0.3 is 114 Å². The Morgan fingerprint density at radius 2 is 1.04 bits per heavy atom. The van der Waals surface area contributed by atoms with Crippen LogP contribution < -0.4 is 0 Å². The normalized spacial score (nSPS) is 53.5. The number of aliphatic hydroxyl groups is 15. The van der Waals surface area contributed by atoms with Crippen molar-refractivity contribution in [2.75, 3.05) is 26.4 Å². The van der Waals surface area contributed by atoms with Crippen molar-refractivity contribution in [2.24, 2.45) is 50.2 Å². The van der Waals surface area contributed by atoms with Crippen LogP contribution in [0.4, 0.5) is 0 Å². The van der Waals surface area contributed by atoms with E-state index < -0.39 is 206 Å². The third-order valence-electron chi connectivity index (χ3n) is 21.5. The maximum atomic E-state index is 15.5. The predicted octanol–water partition coefficient (Wildman–Crippen LogP) is -3.54. The fourth-order valence-corrected chi connectivity index (χ4v) is 16.2. The van der Waals surface area contributed by atoms with E-state index in [1.54, 1.807) is 6.92 Å². The van der Waals surface area contributed by atoms with E-state index in [4.69, 9.17) is 37.9 Å². The lowest BCUT2D eigenvalue weighted by atomic mass is 9.33.